The fourth-order valence-electron chi connectivity index (χ4n) is 3.56. The molecule has 5 heteroatoms. The standard InChI is InChI=1S/C18H32N2O3/c1-15-7-6-8-16(13-15)23-14-17(21)19-10-9-18(22)20-11-4-2-3-5-12-20/h15-16H,2-14H2,1H3,(H,19,21). The Balaban J connectivity index is 1.56. The molecule has 132 valence electrons. The number of rotatable bonds is 6. The normalized spacial score (nSPS) is 25.7. The van der Waals surface area contributed by atoms with E-state index in [0.717, 1.165) is 38.8 Å². The number of nitrogens with zero attached hydrogens (tertiary/aromatic N) is 1. The molecule has 1 heterocycles. The molecule has 2 atom stereocenters. The predicted octanol–water partition coefficient (Wildman–Crippen LogP) is 2.49. The highest BCUT2D eigenvalue weighted by Crippen LogP contribution is 2.25. The number of nitrogens with one attached hydrogen (secondary N) is 1. The summed E-state index contributed by atoms with van der Waals surface area (Å²) in [6.45, 7) is 4.52. The summed E-state index contributed by atoms with van der Waals surface area (Å²) in [7, 11) is 0. The molecule has 2 amide bonds. The van der Waals surface area contributed by atoms with Gasteiger partial charge in [0.1, 0.15) is 6.61 Å². The van der Waals surface area contributed by atoms with Crippen LogP contribution in [0.25, 0.3) is 0 Å². The Hall–Kier alpha value is -1.10. The molecule has 0 bridgehead atoms. The van der Waals surface area contributed by atoms with Crippen LogP contribution in [0.3, 0.4) is 0 Å². The zero-order valence-corrected chi connectivity index (χ0v) is 14.5. The summed E-state index contributed by atoms with van der Waals surface area (Å²) >= 11 is 0. The molecule has 0 aromatic carbocycles. The molecule has 0 aromatic rings. The van der Waals surface area contributed by atoms with Crippen molar-refractivity contribution in [1.29, 1.82) is 0 Å². The van der Waals surface area contributed by atoms with Gasteiger partial charge >= 0.3 is 0 Å². The van der Waals surface area contributed by atoms with Gasteiger partial charge in [-0.2, -0.15) is 0 Å². The van der Waals surface area contributed by atoms with Gasteiger partial charge in [-0.15, -0.1) is 0 Å². The van der Waals surface area contributed by atoms with Gasteiger partial charge in [-0.05, 0) is 31.6 Å². The third kappa shape index (κ3) is 6.90. The predicted molar refractivity (Wildman–Crippen MR) is 90.0 cm³/mol. The van der Waals surface area contributed by atoms with Crippen molar-refractivity contribution in [2.45, 2.75) is 70.8 Å². The largest absolute Gasteiger partial charge is 0.368 e. The van der Waals surface area contributed by atoms with E-state index < -0.39 is 0 Å². The number of hydrogen-bond acceptors (Lipinski definition) is 3. The van der Waals surface area contributed by atoms with Crippen LogP contribution in [0.4, 0.5) is 0 Å². The summed E-state index contributed by atoms with van der Waals surface area (Å²) in [5, 5.41) is 2.81. The summed E-state index contributed by atoms with van der Waals surface area (Å²) in [4.78, 5) is 25.9. The van der Waals surface area contributed by atoms with E-state index in [1.807, 2.05) is 4.90 Å². The Morgan fingerprint density at radius 2 is 1.83 bits per heavy atom. The van der Waals surface area contributed by atoms with Crippen LogP contribution in [0.1, 0.15) is 64.7 Å². The molecule has 1 aliphatic carbocycles. The van der Waals surface area contributed by atoms with Crippen LogP contribution in [-0.4, -0.2) is 49.1 Å². The third-order valence-electron chi connectivity index (χ3n) is 4.96. The van der Waals surface area contributed by atoms with Gasteiger partial charge in [0.15, 0.2) is 0 Å². The topological polar surface area (TPSA) is 58.6 Å². The number of carbonyl (C=O) groups is 2. The molecule has 2 unspecified atom stereocenters. The van der Waals surface area contributed by atoms with Crippen molar-refractivity contribution < 1.29 is 14.3 Å². The lowest BCUT2D eigenvalue weighted by Crippen LogP contribution is -2.36. The van der Waals surface area contributed by atoms with Gasteiger partial charge in [0.2, 0.25) is 11.8 Å². The molecule has 0 radical (unpaired) electrons. The minimum atomic E-state index is -0.105. The van der Waals surface area contributed by atoms with Gasteiger partial charge < -0.3 is 15.0 Å². The lowest BCUT2D eigenvalue weighted by Gasteiger charge is -2.26. The molecule has 1 saturated heterocycles. The number of carbonyl (C=O) groups excluding carboxylic acids is 2. The monoisotopic (exact) mass is 324 g/mol. The Labute approximate surface area is 140 Å². The van der Waals surface area contributed by atoms with E-state index >= 15 is 0 Å². The molecular weight excluding hydrogens is 292 g/mol. The van der Waals surface area contributed by atoms with Crippen LogP contribution < -0.4 is 5.32 Å². The Morgan fingerprint density at radius 1 is 1.09 bits per heavy atom. The zero-order valence-electron chi connectivity index (χ0n) is 14.5. The first kappa shape index (κ1) is 18.2. The second-order valence-electron chi connectivity index (χ2n) is 7.10. The van der Waals surface area contributed by atoms with Crippen molar-refractivity contribution in [2.24, 2.45) is 5.92 Å². The summed E-state index contributed by atoms with van der Waals surface area (Å²) in [5.41, 5.74) is 0. The summed E-state index contributed by atoms with van der Waals surface area (Å²) in [6.07, 6.45) is 9.84. The van der Waals surface area contributed by atoms with E-state index in [4.69, 9.17) is 4.74 Å². The van der Waals surface area contributed by atoms with E-state index in [1.54, 1.807) is 0 Å². The molecule has 1 aliphatic heterocycles. The van der Waals surface area contributed by atoms with Crippen molar-refractivity contribution in [1.82, 2.24) is 10.2 Å². The van der Waals surface area contributed by atoms with Crippen molar-refractivity contribution in [3.63, 3.8) is 0 Å². The number of likely N-dealkylation sites (tertiary alicyclic amines) is 1. The zero-order chi connectivity index (χ0) is 16.5. The minimum absolute atomic E-state index is 0.105. The third-order valence-corrected chi connectivity index (χ3v) is 4.96. The van der Waals surface area contributed by atoms with Crippen LogP contribution in [0.2, 0.25) is 0 Å². The molecule has 0 aromatic heterocycles. The molecule has 1 N–H and O–H groups in total. The van der Waals surface area contributed by atoms with Crippen LogP contribution >= 0.6 is 0 Å². The van der Waals surface area contributed by atoms with Crippen LogP contribution in [-0.2, 0) is 14.3 Å². The highest BCUT2D eigenvalue weighted by Gasteiger charge is 2.20. The van der Waals surface area contributed by atoms with Gasteiger partial charge in [-0.3, -0.25) is 9.59 Å². The summed E-state index contributed by atoms with van der Waals surface area (Å²) in [6, 6.07) is 0. The van der Waals surface area contributed by atoms with E-state index in [1.165, 1.54) is 25.7 Å². The maximum absolute atomic E-state index is 12.1. The van der Waals surface area contributed by atoms with Crippen molar-refractivity contribution in [3.8, 4) is 0 Å². The van der Waals surface area contributed by atoms with Gasteiger partial charge in [0.05, 0.1) is 6.10 Å². The van der Waals surface area contributed by atoms with Gasteiger partial charge in [-0.25, -0.2) is 0 Å². The lowest BCUT2D eigenvalue weighted by atomic mass is 9.89. The van der Waals surface area contributed by atoms with Crippen molar-refractivity contribution in [2.75, 3.05) is 26.2 Å². The molecule has 2 rings (SSSR count). The van der Waals surface area contributed by atoms with Crippen LogP contribution in [0.15, 0.2) is 0 Å². The first-order chi connectivity index (χ1) is 11.1. The highest BCUT2D eigenvalue weighted by molar-refractivity contribution is 5.79. The second kappa shape index (κ2) is 9.91. The average Bonchev–Trinajstić information content (AvgIpc) is 2.82. The fourth-order valence-corrected chi connectivity index (χ4v) is 3.56. The number of amides is 2. The van der Waals surface area contributed by atoms with E-state index in [2.05, 4.69) is 12.2 Å². The second-order valence-corrected chi connectivity index (χ2v) is 7.10. The highest BCUT2D eigenvalue weighted by atomic mass is 16.5. The molecule has 0 spiro atoms. The Kier molecular flexibility index (Phi) is 7.86. The van der Waals surface area contributed by atoms with Crippen LogP contribution in [0, 0.1) is 5.92 Å². The smallest absolute Gasteiger partial charge is 0.246 e. The van der Waals surface area contributed by atoms with Gasteiger partial charge in [0.25, 0.3) is 0 Å². The van der Waals surface area contributed by atoms with Crippen molar-refractivity contribution >= 4 is 11.8 Å². The average molecular weight is 324 g/mol. The van der Waals surface area contributed by atoms with E-state index in [0.29, 0.717) is 18.9 Å². The Bertz CT molecular complexity index is 378. The molecule has 1 saturated carbocycles. The first-order valence-electron chi connectivity index (χ1n) is 9.31. The van der Waals surface area contributed by atoms with Gasteiger partial charge in [-0.1, -0.05) is 32.6 Å². The maximum Gasteiger partial charge on any atom is 0.246 e. The Morgan fingerprint density at radius 3 is 2.52 bits per heavy atom. The molecule has 5 nitrogen and oxygen atoms in total. The summed E-state index contributed by atoms with van der Waals surface area (Å²) < 4.78 is 5.70. The maximum atomic E-state index is 12.1. The van der Waals surface area contributed by atoms with Gasteiger partial charge in [0, 0.05) is 26.1 Å². The first-order valence-corrected chi connectivity index (χ1v) is 9.31. The lowest BCUT2D eigenvalue weighted by molar-refractivity contribution is -0.131. The molecule has 23 heavy (non-hydrogen) atoms. The number of ether oxygens (including phenoxy) is 1. The van der Waals surface area contributed by atoms with Crippen molar-refractivity contribution in [3.05, 3.63) is 0 Å². The van der Waals surface area contributed by atoms with E-state index in [-0.39, 0.29) is 24.5 Å². The molecule has 2 aliphatic rings. The fraction of sp³-hybridized carbons (Fsp3) is 0.889. The quantitative estimate of drug-likeness (QED) is 0.816. The molecular formula is C18H32N2O3. The molecule has 2 fully saturated rings. The summed E-state index contributed by atoms with van der Waals surface area (Å²) in [5.74, 6) is 0.754. The van der Waals surface area contributed by atoms with Crippen LogP contribution in [0.5, 0.6) is 0 Å². The minimum Gasteiger partial charge on any atom is -0.368 e. The number of hydrogen-bond donors (Lipinski definition) is 1. The SMILES string of the molecule is CC1CCCC(OCC(=O)NCCC(=O)N2CCCCCC2)C1. The van der Waals surface area contributed by atoms with E-state index in [9.17, 15) is 9.59 Å².